The molecule has 1 fully saturated rings. The number of carboxylic acids is 1. The fraction of sp³-hybridized carbons (Fsp3) is 0.600. The molecule has 0 unspecified atom stereocenters. The van der Waals surface area contributed by atoms with Crippen molar-refractivity contribution in [2.75, 3.05) is 26.2 Å². The minimum Gasteiger partial charge on any atom is -0.479 e. The maximum Gasteiger partial charge on any atom is 0.335 e. The summed E-state index contributed by atoms with van der Waals surface area (Å²) in [7, 11) is 0. The molecule has 0 saturated carbocycles. The lowest BCUT2D eigenvalue weighted by molar-refractivity contribution is -0.169. The van der Waals surface area contributed by atoms with Crippen LogP contribution < -0.4 is 5.56 Å². The predicted molar refractivity (Wildman–Crippen MR) is 157 cm³/mol. The second kappa shape index (κ2) is 15.3. The first-order valence-electron chi connectivity index (χ1n) is 15.0. The number of aliphatic hydroxyl groups is 6. The summed E-state index contributed by atoms with van der Waals surface area (Å²) in [5, 5.41) is 66.7. The Morgan fingerprint density at radius 2 is 1.78 bits per heavy atom. The molecule has 2 aliphatic heterocycles. The lowest BCUT2D eigenvalue weighted by atomic mass is 9.91. The van der Waals surface area contributed by atoms with E-state index in [9.17, 15) is 14.0 Å². The topological polar surface area (TPSA) is 223 Å². The van der Waals surface area contributed by atoms with Gasteiger partial charge in [-0.15, -0.1) is 0 Å². The molecule has 248 valence electrons. The molecule has 45 heavy (non-hydrogen) atoms. The number of nitrogens with zero attached hydrogens (tertiary/aromatic N) is 4. The quantitative estimate of drug-likeness (QED) is 0.149. The first kappa shape index (κ1) is 34.6. The standard InChI is InChI=1S/C23H27FN4O2.C7H14O8/c1-15-18(23(29)28-10-3-2-4-21(28)25-15)9-13-27-11-7-16(8-12-27)22-19-6-5-17(24)14-20(19)30-26-22;8-1-2(9)3(10)4(11)5(12)6(13)7(14)15/h5-6,14,16H,2-4,7-13H2,1H3;2-6,8-13H,1H2,(H,14,15)/t;2-,3-,4+,5-,6-/m.0/s1. The van der Waals surface area contributed by atoms with Gasteiger partial charge in [0.2, 0.25) is 0 Å². The van der Waals surface area contributed by atoms with Crippen LogP contribution in [0.4, 0.5) is 4.39 Å². The molecule has 0 radical (unpaired) electrons. The van der Waals surface area contributed by atoms with Crippen LogP contribution in [0.5, 0.6) is 0 Å². The molecule has 0 amide bonds. The van der Waals surface area contributed by atoms with Gasteiger partial charge in [0.05, 0.1) is 12.3 Å². The van der Waals surface area contributed by atoms with Crippen molar-refractivity contribution in [2.24, 2.45) is 0 Å². The number of rotatable bonds is 10. The third-order valence-corrected chi connectivity index (χ3v) is 8.55. The Balaban J connectivity index is 0.000000262. The van der Waals surface area contributed by atoms with E-state index in [0.29, 0.717) is 11.5 Å². The van der Waals surface area contributed by atoms with Crippen LogP contribution in [0.2, 0.25) is 0 Å². The molecule has 1 aromatic carbocycles. The molecule has 5 rings (SSSR count). The maximum atomic E-state index is 13.4. The highest BCUT2D eigenvalue weighted by molar-refractivity contribution is 5.79. The zero-order valence-corrected chi connectivity index (χ0v) is 25.0. The minimum atomic E-state index is -2.29. The van der Waals surface area contributed by atoms with E-state index in [4.69, 9.17) is 45.3 Å². The fourth-order valence-corrected chi connectivity index (χ4v) is 5.81. The zero-order chi connectivity index (χ0) is 32.8. The van der Waals surface area contributed by atoms with Gasteiger partial charge in [-0.3, -0.25) is 9.36 Å². The Bertz CT molecular complexity index is 1510. The largest absolute Gasteiger partial charge is 0.479 e. The number of carbonyl (C=O) groups is 1. The number of halogens is 1. The predicted octanol–water partition coefficient (Wildman–Crippen LogP) is -0.542. The molecule has 0 bridgehead atoms. The molecule has 5 atom stereocenters. The zero-order valence-electron chi connectivity index (χ0n) is 25.0. The van der Waals surface area contributed by atoms with Crippen LogP contribution in [0, 0.1) is 12.7 Å². The Kier molecular flexibility index (Phi) is 11.8. The van der Waals surface area contributed by atoms with Gasteiger partial charge in [-0.05, 0) is 64.3 Å². The highest BCUT2D eigenvalue weighted by Crippen LogP contribution is 2.32. The van der Waals surface area contributed by atoms with Crippen molar-refractivity contribution < 1.29 is 49.5 Å². The van der Waals surface area contributed by atoms with E-state index in [1.54, 1.807) is 6.07 Å². The van der Waals surface area contributed by atoms with Crippen molar-refractivity contribution in [2.45, 2.75) is 88.4 Å². The van der Waals surface area contributed by atoms with Gasteiger partial charge in [-0.2, -0.15) is 0 Å². The van der Waals surface area contributed by atoms with Crippen molar-refractivity contribution in [3.05, 3.63) is 57.1 Å². The maximum absolute atomic E-state index is 13.4. The summed E-state index contributed by atoms with van der Waals surface area (Å²) in [6.45, 7) is 4.67. The number of benzene rings is 1. The summed E-state index contributed by atoms with van der Waals surface area (Å²) in [6.07, 6.45) is -4.43. The number of aliphatic hydroxyl groups excluding tert-OH is 6. The second-order valence-corrected chi connectivity index (χ2v) is 11.6. The Morgan fingerprint density at radius 1 is 1.07 bits per heavy atom. The molecule has 2 aromatic heterocycles. The number of hydrogen-bond donors (Lipinski definition) is 7. The third kappa shape index (κ3) is 8.10. The summed E-state index contributed by atoms with van der Waals surface area (Å²) in [6, 6.07) is 4.63. The summed E-state index contributed by atoms with van der Waals surface area (Å²) < 4.78 is 20.6. The van der Waals surface area contributed by atoms with Crippen LogP contribution in [0.25, 0.3) is 11.0 Å². The van der Waals surface area contributed by atoms with Crippen LogP contribution >= 0.6 is 0 Å². The molecule has 2 aliphatic rings. The van der Waals surface area contributed by atoms with Crippen LogP contribution in [0.3, 0.4) is 0 Å². The minimum absolute atomic E-state index is 0.161. The van der Waals surface area contributed by atoms with Crippen molar-refractivity contribution >= 4 is 16.9 Å². The molecule has 0 aliphatic carbocycles. The SMILES string of the molecule is Cc1nc2n(c(=O)c1CCN1CCC(c3noc4cc(F)ccc34)CC1)CCCC2.O=C(O)[C@@H](O)[C@@H](O)[C@H](O)[C@@H](O)[C@@H](O)CO. The number of aromatic nitrogens is 3. The number of hydrogen-bond acceptors (Lipinski definition) is 12. The van der Waals surface area contributed by atoms with Crippen LogP contribution in [0.15, 0.2) is 27.5 Å². The van der Waals surface area contributed by atoms with E-state index in [-0.39, 0.29) is 11.4 Å². The highest BCUT2D eigenvalue weighted by atomic mass is 19.1. The summed E-state index contributed by atoms with van der Waals surface area (Å²) in [5.41, 5.74) is 3.38. The van der Waals surface area contributed by atoms with Gasteiger partial charge in [-0.1, -0.05) is 5.16 Å². The highest BCUT2D eigenvalue weighted by Gasteiger charge is 2.37. The van der Waals surface area contributed by atoms with Gasteiger partial charge in [0.1, 0.15) is 36.1 Å². The number of piperidine rings is 1. The molecule has 1 saturated heterocycles. The van der Waals surface area contributed by atoms with E-state index in [2.05, 4.69) is 10.1 Å². The molecule has 15 heteroatoms. The van der Waals surface area contributed by atoms with Gasteiger partial charge in [0.25, 0.3) is 5.56 Å². The first-order chi connectivity index (χ1) is 21.4. The fourth-order valence-electron chi connectivity index (χ4n) is 5.81. The average Bonchev–Trinajstić information content (AvgIpc) is 3.46. The molecule has 3 aromatic rings. The van der Waals surface area contributed by atoms with Gasteiger partial charge in [0.15, 0.2) is 11.7 Å². The van der Waals surface area contributed by atoms with Crippen molar-refractivity contribution in [3.8, 4) is 0 Å². The number of aliphatic carboxylic acids is 1. The Morgan fingerprint density at radius 3 is 2.44 bits per heavy atom. The van der Waals surface area contributed by atoms with Crippen LogP contribution in [-0.4, -0.2) is 118 Å². The van der Waals surface area contributed by atoms with E-state index in [0.717, 1.165) is 92.9 Å². The van der Waals surface area contributed by atoms with Crippen molar-refractivity contribution in [1.29, 1.82) is 0 Å². The van der Waals surface area contributed by atoms with Crippen LogP contribution in [-0.2, 0) is 24.2 Å². The number of aryl methyl sites for hydroxylation is 2. The lowest BCUT2D eigenvalue weighted by Crippen LogP contribution is -2.51. The van der Waals surface area contributed by atoms with E-state index in [1.165, 1.54) is 12.1 Å². The first-order valence-corrected chi connectivity index (χ1v) is 15.0. The van der Waals surface area contributed by atoms with E-state index < -0.39 is 43.1 Å². The number of likely N-dealkylation sites (tertiary alicyclic amines) is 1. The van der Waals surface area contributed by atoms with Gasteiger partial charge in [-0.25, -0.2) is 14.2 Å². The normalized spacial score (nSPS) is 19.2. The Labute approximate surface area is 258 Å². The molecule has 14 nitrogen and oxygen atoms in total. The number of carboxylic acid groups (broad SMARTS) is 1. The Hall–Kier alpha value is -3.31. The van der Waals surface area contributed by atoms with Crippen molar-refractivity contribution in [3.63, 3.8) is 0 Å². The monoisotopic (exact) mass is 636 g/mol. The molecule has 0 spiro atoms. The molecule has 4 heterocycles. The molecular formula is C30H41FN4O10. The van der Waals surface area contributed by atoms with E-state index in [1.807, 2.05) is 11.5 Å². The molecular weight excluding hydrogens is 595 g/mol. The van der Waals surface area contributed by atoms with Gasteiger partial charge < -0.3 is 45.2 Å². The van der Waals surface area contributed by atoms with Gasteiger partial charge >= 0.3 is 5.97 Å². The second-order valence-electron chi connectivity index (χ2n) is 11.6. The lowest BCUT2D eigenvalue weighted by Gasteiger charge is -2.31. The molecule has 7 N–H and O–H groups in total. The smallest absolute Gasteiger partial charge is 0.335 e. The summed E-state index contributed by atoms with van der Waals surface area (Å²) >= 11 is 0. The average molecular weight is 637 g/mol. The van der Waals surface area contributed by atoms with E-state index >= 15 is 0 Å². The third-order valence-electron chi connectivity index (χ3n) is 8.55. The van der Waals surface area contributed by atoms with Crippen LogP contribution in [0.1, 0.15) is 54.4 Å². The van der Waals surface area contributed by atoms with Crippen molar-refractivity contribution in [1.82, 2.24) is 19.6 Å². The summed E-state index contributed by atoms with van der Waals surface area (Å²) in [4.78, 5) is 30.3. The van der Waals surface area contributed by atoms with Gasteiger partial charge in [0, 0.05) is 48.1 Å². The summed E-state index contributed by atoms with van der Waals surface area (Å²) in [5.74, 6) is -0.811. The number of fused-ring (bicyclic) bond motifs is 2.